The first-order valence-corrected chi connectivity index (χ1v) is 4.42. The summed E-state index contributed by atoms with van der Waals surface area (Å²) in [6, 6.07) is 5.20. The Morgan fingerprint density at radius 2 is 2.23 bits per heavy atom. The molecule has 13 heavy (non-hydrogen) atoms. The van der Waals surface area contributed by atoms with Crippen LogP contribution in [-0.2, 0) is 6.42 Å². The summed E-state index contributed by atoms with van der Waals surface area (Å²) in [6.45, 7) is 1.93. The minimum atomic E-state index is -0.145. The van der Waals surface area contributed by atoms with Crippen LogP contribution >= 0.6 is 0 Å². The molecule has 0 bridgehead atoms. The number of hydrogen-bond donors (Lipinski definition) is 1. The second kappa shape index (κ2) is 2.96. The van der Waals surface area contributed by atoms with Crippen molar-refractivity contribution in [2.75, 3.05) is 0 Å². The van der Waals surface area contributed by atoms with Crippen molar-refractivity contribution in [2.24, 2.45) is 5.73 Å². The Hall–Kier alpha value is -1.15. The van der Waals surface area contributed by atoms with Crippen molar-refractivity contribution in [1.29, 1.82) is 0 Å². The van der Waals surface area contributed by atoms with Gasteiger partial charge in [0.1, 0.15) is 5.82 Å². The van der Waals surface area contributed by atoms with Gasteiger partial charge in [-0.2, -0.15) is 0 Å². The van der Waals surface area contributed by atoms with Gasteiger partial charge in [-0.1, -0.05) is 18.2 Å². The highest BCUT2D eigenvalue weighted by atomic mass is 19.1. The normalized spacial score (nSPS) is 16.7. The van der Waals surface area contributed by atoms with Crippen LogP contribution in [0.1, 0.15) is 18.1 Å². The lowest BCUT2D eigenvalue weighted by Crippen LogP contribution is -2.17. The van der Waals surface area contributed by atoms with E-state index in [1.54, 1.807) is 6.07 Å². The molecule has 2 heteroatoms. The number of halogens is 1. The van der Waals surface area contributed by atoms with Gasteiger partial charge in [0.15, 0.2) is 0 Å². The number of benzene rings is 1. The van der Waals surface area contributed by atoms with Crippen LogP contribution in [0, 0.1) is 5.82 Å². The van der Waals surface area contributed by atoms with E-state index in [9.17, 15) is 4.39 Å². The molecule has 1 atom stereocenters. The van der Waals surface area contributed by atoms with Crippen LogP contribution in [0.5, 0.6) is 0 Å². The Labute approximate surface area is 77.1 Å². The maximum atomic E-state index is 13.2. The molecule has 1 aliphatic carbocycles. The smallest absolute Gasteiger partial charge is 0.130 e. The molecule has 1 aromatic rings. The Morgan fingerprint density at radius 3 is 2.85 bits per heavy atom. The van der Waals surface area contributed by atoms with E-state index in [1.165, 1.54) is 6.07 Å². The molecule has 1 aliphatic rings. The summed E-state index contributed by atoms with van der Waals surface area (Å²) in [7, 11) is 0. The molecule has 0 aromatic heterocycles. The standard InChI is InChI=1S/C11H12FN/c1-7(13)9-5-8-3-2-4-11(12)10(8)6-9/h2-4,6-7H,5,13H2,1H3. The summed E-state index contributed by atoms with van der Waals surface area (Å²) in [4.78, 5) is 0. The molecule has 1 unspecified atom stereocenters. The quantitative estimate of drug-likeness (QED) is 0.698. The highest BCUT2D eigenvalue weighted by Crippen LogP contribution is 2.27. The highest BCUT2D eigenvalue weighted by molar-refractivity contribution is 5.65. The van der Waals surface area contributed by atoms with Gasteiger partial charge in [0, 0.05) is 11.6 Å². The maximum Gasteiger partial charge on any atom is 0.130 e. The monoisotopic (exact) mass is 177 g/mol. The first-order chi connectivity index (χ1) is 6.18. The van der Waals surface area contributed by atoms with E-state index in [4.69, 9.17) is 5.73 Å². The van der Waals surface area contributed by atoms with E-state index >= 15 is 0 Å². The maximum absolute atomic E-state index is 13.2. The Kier molecular flexibility index (Phi) is 1.93. The molecule has 2 rings (SSSR count). The number of rotatable bonds is 1. The van der Waals surface area contributed by atoms with E-state index in [0.29, 0.717) is 0 Å². The molecular weight excluding hydrogens is 165 g/mol. The van der Waals surface area contributed by atoms with Crippen molar-refractivity contribution in [3.05, 3.63) is 40.7 Å². The third-order valence-corrected chi connectivity index (χ3v) is 2.45. The third-order valence-electron chi connectivity index (χ3n) is 2.45. The zero-order valence-corrected chi connectivity index (χ0v) is 7.55. The van der Waals surface area contributed by atoms with Crippen molar-refractivity contribution < 1.29 is 4.39 Å². The molecule has 2 N–H and O–H groups in total. The molecule has 1 nitrogen and oxygen atoms in total. The minimum absolute atomic E-state index is 0.0202. The largest absolute Gasteiger partial charge is 0.324 e. The van der Waals surface area contributed by atoms with E-state index in [-0.39, 0.29) is 11.9 Å². The van der Waals surface area contributed by atoms with Crippen LogP contribution in [0.3, 0.4) is 0 Å². The molecule has 0 aliphatic heterocycles. The Morgan fingerprint density at radius 1 is 1.46 bits per heavy atom. The molecule has 0 fully saturated rings. The molecular formula is C11H12FN. The van der Waals surface area contributed by atoms with Crippen LogP contribution in [0.25, 0.3) is 6.08 Å². The van der Waals surface area contributed by atoms with Gasteiger partial charge >= 0.3 is 0 Å². The van der Waals surface area contributed by atoms with Gasteiger partial charge in [-0.05, 0) is 30.5 Å². The van der Waals surface area contributed by atoms with E-state index in [0.717, 1.165) is 23.1 Å². The van der Waals surface area contributed by atoms with Crippen molar-refractivity contribution in [3.63, 3.8) is 0 Å². The number of hydrogen-bond acceptors (Lipinski definition) is 1. The molecule has 0 radical (unpaired) electrons. The molecule has 0 spiro atoms. The highest BCUT2D eigenvalue weighted by Gasteiger charge is 2.17. The van der Waals surface area contributed by atoms with Gasteiger partial charge in [-0.3, -0.25) is 0 Å². The molecule has 68 valence electrons. The second-order valence-corrected chi connectivity index (χ2v) is 3.50. The van der Waals surface area contributed by atoms with E-state index in [2.05, 4.69) is 0 Å². The van der Waals surface area contributed by atoms with Crippen LogP contribution in [-0.4, -0.2) is 6.04 Å². The lowest BCUT2D eigenvalue weighted by molar-refractivity contribution is 0.624. The van der Waals surface area contributed by atoms with Gasteiger partial charge in [0.25, 0.3) is 0 Å². The summed E-state index contributed by atoms with van der Waals surface area (Å²) in [5.74, 6) is -0.145. The van der Waals surface area contributed by atoms with E-state index in [1.807, 2.05) is 19.1 Å². The van der Waals surface area contributed by atoms with E-state index < -0.39 is 0 Å². The van der Waals surface area contributed by atoms with Crippen molar-refractivity contribution in [2.45, 2.75) is 19.4 Å². The zero-order chi connectivity index (χ0) is 9.42. The van der Waals surface area contributed by atoms with Crippen LogP contribution in [0.2, 0.25) is 0 Å². The van der Waals surface area contributed by atoms with Gasteiger partial charge in [-0.15, -0.1) is 0 Å². The fourth-order valence-corrected chi connectivity index (χ4v) is 1.65. The Balaban J connectivity index is 2.43. The minimum Gasteiger partial charge on any atom is -0.324 e. The van der Waals surface area contributed by atoms with Crippen LogP contribution in [0.4, 0.5) is 4.39 Å². The summed E-state index contributed by atoms with van der Waals surface area (Å²) in [5.41, 5.74) is 8.61. The molecule has 0 heterocycles. The summed E-state index contributed by atoms with van der Waals surface area (Å²) >= 11 is 0. The Bertz CT molecular complexity index is 366. The average Bonchev–Trinajstić information content (AvgIpc) is 2.49. The fourth-order valence-electron chi connectivity index (χ4n) is 1.65. The molecule has 0 saturated carbocycles. The SMILES string of the molecule is CC(N)C1=Cc2c(F)cccc2C1. The fraction of sp³-hybridized carbons (Fsp3) is 0.273. The van der Waals surface area contributed by atoms with Gasteiger partial charge in [-0.25, -0.2) is 4.39 Å². The van der Waals surface area contributed by atoms with Gasteiger partial charge in [0.2, 0.25) is 0 Å². The van der Waals surface area contributed by atoms with Gasteiger partial charge < -0.3 is 5.73 Å². The first-order valence-electron chi connectivity index (χ1n) is 4.42. The molecule has 1 aromatic carbocycles. The zero-order valence-electron chi connectivity index (χ0n) is 7.55. The lowest BCUT2D eigenvalue weighted by Gasteiger charge is -2.04. The lowest BCUT2D eigenvalue weighted by atomic mass is 10.1. The van der Waals surface area contributed by atoms with Crippen molar-refractivity contribution in [3.8, 4) is 0 Å². The predicted octanol–water partition coefficient (Wildman–Crippen LogP) is 2.11. The summed E-state index contributed by atoms with van der Waals surface area (Å²) < 4.78 is 13.2. The summed E-state index contributed by atoms with van der Waals surface area (Å²) in [6.07, 6.45) is 2.67. The summed E-state index contributed by atoms with van der Waals surface area (Å²) in [5, 5.41) is 0. The van der Waals surface area contributed by atoms with Crippen molar-refractivity contribution >= 4 is 6.08 Å². The second-order valence-electron chi connectivity index (χ2n) is 3.50. The van der Waals surface area contributed by atoms with Gasteiger partial charge in [0.05, 0.1) is 0 Å². The molecule has 0 amide bonds. The molecule has 0 saturated heterocycles. The first kappa shape index (κ1) is 8.45. The van der Waals surface area contributed by atoms with Crippen molar-refractivity contribution in [1.82, 2.24) is 0 Å². The topological polar surface area (TPSA) is 26.0 Å². The van der Waals surface area contributed by atoms with Crippen LogP contribution in [0.15, 0.2) is 23.8 Å². The van der Waals surface area contributed by atoms with Crippen LogP contribution < -0.4 is 5.73 Å². The third kappa shape index (κ3) is 1.38. The number of nitrogens with two attached hydrogens (primary N) is 1. The predicted molar refractivity (Wildman–Crippen MR) is 51.7 cm³/mol. The average molecular weight is 177 g/mol. The number of fused-ring (bicyclic) bond motifs is 1.